The molecule has 0 aliphatic rings. The fraction of sp³-hybridized carbons (Fsp3) is 0.222. The molecule has 1 heterocycles. The highest BCUT2D eigenvalue weighted by molar-refractivity contribution is 5.91. The summed E-state index contributed by atoms with van der Waals surface area (Å²) in [5, 5.41) is 19.3. The van der Waals surface area contributed by atoms with Crippen molar-refractivity contribution in [1.29, 1.82) is 5.26 Å². The molecule has 94 valence electrons. The molecule has 1 rings (SSSR count). The summed E-state index contributed by atoms with van der Waals surface area (Å²) in [4.78, 5) is 24.0. The van der Waals surface area contributed by atoms with Crippen molar-refractivity contribution < 1.29 is 23.2 Å². The Hall–Kier alpha value is -2.63. The minimum atomic E-state index is -3.29. The van der Waals surface area contributed by atoms with Crippen LogP contribution in [0.25, 0.3) is 0 Å². The third kappa shape index (κ3) is 2.22. The number of nitrogens with zero attached hydrogens (tertiary/aromatic N) is 3. The summed E-state index contributed by atoms with van der Waals surface area (Å²) < 4.78 is 29.7. The van der Waals surface area contributed by atoms with Crippen LogP contribution in [0.5, 0.6) is 0 Å². The van der Waals surface area contributed by atoms with E-state index in [2.05, 4.69) is 9.72 Å². The summed E-state index contributed by atoms with van der Waals surface area (Å²) in [5.41, 5.74) is -3.70. The Morgan fingerprint density at radius 1 is 1.67 bits per heavy atom. The Morgan fingerprint density at radius 2 is 2.28 bits per heavy atom. The van der Waals surface area contributed by atoms with Crippen LogP contribution in [-0.2, 0) is 4.74 Å². The van der Waals surface area contributed by atoms with Crippen LogP contribution in [0.2, 0.25) is 0 Å². The monoisotopic (exact) mass is 257 g/mol. The Morgan fingerprint density at radius 3 is 2.67 bits per heavy atom. The topological polar surface area (TPSA) is 106 Å². The van der Waals surface area contributed by atoms with Crippen LogP contribution in [0.15, 0.2) is 6.20 Å². The van der Waals surface area contributed by atoms with Crippen LogP contribution in [0, 0.1) is 21.4 Å². The van der Waals surface area contributed by atoms with Crippen LogP contribution < -0.4 is 0 Å². The van der Waals surface area contributed by atoms with E-state index in [1.165, 1.54) is 6.07 Å². The summed E-state index contributed by atoms with van der Waals surface area (Å²) in [6.45, 7) is 0. The van der Waals surface area contributed by atoms with Crippen LogP contribution in [0.3, 0.4) is 0 Å². The number of methoxy groups -OCH3 is 1. The minimum Gasteiger partial charge on any atom is -0.464 e. The standard InChI is InChI=1S/C9H5F2N3O4/c1-18-9(15)7-4(2-12)6(8(10)11)5(3-13-7)14(16)17/h3,8H,1H3. The predicted molar refractivity (Wildman–Crippen MR) is 51.9 cm³/mol. The third-order valence-electron chi connectivity index (χ3n) is 2.00. The van der Waals surface area contributed by atoms with Gasteiger partial charge in [-0.1, -0.05) is 0 Å². The first-order valence-electron chi connectivity index (χ1n) is 4.37. The fourth-order valence-electron chi connectivity index (χ4n) is 1.25. The van der Waals surface area contributed by atoms with Crippen LogP contribution in [0.4, 0.5) is 14.5 Å². The molecular weight excluding hydrogens is 252 g/mol. The van der Waals surface area contributed by atoms with Crippen molar-refractivity contribution in [3.05, 3.63) is 33.1 Å². The molecule has 0 bridgehead atoms. The van der Waals surface area contributed by atoms with Crippen LogP contribution in [-0.4, -0.2) is 23.0 Å². The molecule has 0 N–H and O–H groups in total. The lowest BCUT2D eigenvalue weighted by molar-refractivity contribution is -0.386. The van der Waals surface area contributed by atoms with Gasteiger partial charge in [0.2, 0.25) is 0 Å². The van der Waals surface area contributed by atoms with Crippen molar-refractivity contribution in [2.45, 2.75) is 6.43 Å². The average Bonchev–Trinajstić information content (AvgIpc) is 2.35. The third-order valence-corrected chi connectivity index (χ3v) is 2.00. The molecule has 1 aromatic rings. The number of hydrogen-bond acceptors (Lipinski definition) is 6. The van der Waals surface area contributed by atoms with Crippen molar-refractivity contribution in [3.8, 4) is 6.07 Å². The molecule has 0 fully saturated rings. The van der Waals surface area contributed by atoms with Crippen molar-refractivity contribution >= 4 is 11.7 Å². The van der Waals surface area contributed by atoms with Gasteiger partial charge in [0, 0.05) is 0 Å². The SMILES string of the molecule is COC(=O)c1ncc([N+](=O)[O-])c(C(F)F)c1C#N. The zero-order chi connectivity index (χ0) is 13.9. The highest BCUT2D eigenvalue weighted by Gasteiger charge is 2.31. The summed E-state index contributed by atoms with van der Waals surface area (Å²) >= 11 is 0. The first-order valence-corrected chi connectivity index (χ1v) is 4.37. The molecule has 0 aliphatic carbocycles. The van der Waals surface area contributed by atoms with E-state index >= 15 is 0 Å². The van der Waals surface area contributed by atoms with Gasteiger partial charge in [-0.05, 0) is 0 Å². The maximum Gasteiger partial charge on any atom is 0.358 e. The van der Waals surface area contributed by atoms with Gasteiger partial charge in [0.25, 0.3) is 12.1 Å². The van der Waals surface area contributed by atoms with Crippen LogP contribution in [0.1, 0.15) is 28.0 Å². The summed E-state index contributed by atoms with van der Waals surface area (Å²) in [5.74, 6) is -1.12. The number of alkyl halides is 2. The van der Waals surface area contributed by atoms with E-state index in [4.69, 9.17) is 5.26 Å². The second-order valence-electron chi connectivity index (χ2n) is 2.94. The second-order valence-corrected chi connectivity index (χ2v) is 2.94. The second kappa shape index (κ2) is 5.13. The van der Waals surface area contributed by atoms with Gasteiger partial charge in [-0.3, -0.25) is 10.1 Å². The van der Waals surface area contributed by atoms with E-state index in [0.717, 1.165) is 7.11 Å². The molecule has 0 saturated heterocycles. The van der Waals surface area contributed by atoms with E-state index in [9.17, 15) is 23.7 Å². The lowest BCUT2D eigenvalue weighted by Gasteiger charge is -2.06. The number of aromatic nitrogens is 1. The first kappa shape index (κ1) is 13.4. The molecule has 0 atom stereocenters. The Balaban J connectivity index is 3.65. The number of nitriles is 1. The highest BCUT2D eigenvalue weighted by Crippen LogP contribution is 2.32. The van der Waals surface area contributed by atoms with Gasteiger partial charge < -0.3 is 4.74 Å². The number of pyridine rings is 1. The number of carbonyl (C=O) groups excluding carboxylic acids is 1. The van der Waals surface area contributed by atoms with Gasteiger partial charge in [-0.15, -0.1) is 0 Å². The molecule has 18 heavy (non-hydrogen) atoms. The number of carbonyl (C=O) groups is 1. The maximum atomic E-state index is 12.7. The highest BCUT2D eigenvalue weighted by atomic mass is 19.3. The number of rotatable bonds is 3. The molecule has 0 radical (unpaired) electrons. The van der Waals surface area contributed by atoms with Gasteiger partial charge in [-0.25, -0.2) is 18.6 Å². The Bertz CT molecular complexity index is 553. The predicted octanol–water partition coefficient (Wildman–Crippen LogP) is 1.59. The lowest BCUT2D eigenvalue weighted by Crippen LogP contribution is -2.11. The summed E-state index contributed by atoms with van der Waals surface area (Å²) in [6.07, 6.45) is -2.79. The molecule has 7 nitrogen and oxygen atoms in total. The molecule has 1 aromatic heterocycles. The Kier molecular flexibility index (Phi) is 3.83. The quantitative estimate of drug-likeness (QED) is 0.462. The molecule has 0 aliphatic heterocycles. The van der Waals surface area contributed by atoms with E-state index in [1.54, 1.807) is 0 Å². The molecule has 0 saturated carbocycles. The average molecular weight is 257 g/mol. The molecule has 0 unspecified atom stereocenters. The lowest BCUT2D eigenvalue weighted by atomic mass is 10.1. The molecular formula is C9H5F2N3O4. The number of esters is 1. The van der Waals surface area contributed by atoms with Crippen molar-refractivity contribution in [2.75, 3.05) is 7.11 Å². The molecule has 0 spiro atoms. The largest absolute Gasteiger partial charge is 0.464 e. The minimum absolute atomic E-state index is 0.495. The number of ether oxygens (including phenoxy) is 1. The molecule has 0 aromatic carbocycles. The maximum absolute atomic E-state index is 12.7. The normalized spacial score (nSPS) is 9.94. The number of hydrogen-bond donors (Lipinski definition) is 0. The van der Waals surface area contributed by atoms with Crippen molar-refractivity contribution in [3.63, 3.8) is 0 Å². The first-order chi connectivity index (χ1) is 8.43. The fourth-order valence-corrected chi connectivity index (χ4v) is 1.25. The number of halogens is 2. The zero-order valence-electron chi connectivity index (χ0n) is 8.89. The van der Waals surface area contributed by atoms with E-state index in [0.29, 0.717) is 6.20 Å². The van der Waals surface area contributed by atoms with Gasteiger partial charge in [0.05, 0.1) is 12.0 Å². The van der Waals surface area contributed by atoms with Gasteiger partial charge in [0.1, 0.15) is 23.4 Å². The zero-order valence-corrected chi connectivity index (χ0v) is 8.89. The van der Waals surface area contributed by atoms with E-state index < -0.39 is 39.8 Å². The van der Waals surface area contributed by atoms with E-state index in [1.807, 2.05) is 0 Å². The van der Waals surface area contributed by atoms with E-state index in [-0.39, 0.29) is 0 Å². The molecule has 9 heteroatoms. The molecule has 0 amide bonds. The van der Waals surface area contributed by atoms with Crippen molar-refractivity contribution in [1.82, 2.24) is 4.98 Å². The number of nitro groups is 1. The summed E-state index contributed by atoms with van der Waals surface area (Å²) in [6, 6.07) is 1.31. The van der Waals surface area contributed by atoms with Crippen LogP contribution >= 0.6 is 0 Å². The Labute approximate surface area is 98.8 Å². The smallest absolute Gasteiger partial charge is 0.358 e. The van der Waals surface area contributed by atoms with Gasteiger partial charge in [-0.2, -0.15) is 5.26 Å². The van der Waals surface area contributed by atoms with Gasteiger partial charge >= 0.3 is 5.97 Å². The van der Waals surface area contributed by atoms with Crippen molar-refractivity contribution in [2.24, 2.45) is 0 Å². The van der Waals surface area contributed by atoms with Gasteiger partial charge in [0.15, 0.2) is 5.69 Å². The summed E-state index contributed by atoms with van der Waals surface area (Å²) in [7, 11) is 0.967.